The van der Waals surface area contributed by atoms with Crippen LogP contribution in [0.15, 0.2) is 24.2 Å². The lowest BCUT2D eigenvalue weighted by molar-refractivity contribution is -0.137. The van der Waals surface area contributed by atoms with Gasteiger partial charge in [0.15, 0.2) is 0 Å². The van der Waals surface area contributed by atoms with Gasteiger partial charge in [0.2, 0.25) is 0 Å². The number of aliphatic hydroxyl groups excluding tert-OH is 1. The van der Waals surface area contributed by atoms with E-state index in [0.717, 1.165) is 12.1 Å². The van der Waals surface area contributed by atoms with E-state index in [-0.39, 0.29) is 12.6 Å². The molecule has 1 aromatic carbocycles. The summed E-state index contributed by atoms with van der Waals surface area (Å²) in [6, 6.07) is 2.94. The zero-order valence-corrected chi connectivity index (χ0v) is 7.43. The summed E-state index contributed by atoms with van der Waals surface area (Å²) >= 11 is 0. The average Bonchev–Trinajstić information content (AvgIpc) is 2.14. The van der Waals surface area contributed by atoms with Gasteiger partial charge in [0, 0.05) is 6.61 Å². The first-order chi connectivity index (χ1) is 6.95. The minimum absolute atomic E-state index is 0.0273. The van der Waals surface area contributed by atoms with Crippen molar-refractivity contribution in [1.29, 1.82) is 0 Å². The van der Waals surface area contributed by atoms with Crippen LogP contribution in [0, 0.1) is 0 Å². The zero-order valence-electron chi connectivity index (χ0n) is 8.43. The van der Waals surface area contributed by atoms with Gasteiger partial charge in [-0.05, 0) is 30.5 Å². The summed E-state index contributed by atoms with van der Waals surface area (Å²) in [5.41, 5.74) is -0.280. The van der Waals surface area contributed by atoms with Crippen LogP contribution in [0.4, 0.5) is 13.2 Å². The Balaban J connectivity index is 2.88. The van der Waals surface area contributed by atoms with Gasteiger partial charge in [-0.25, -0.2) is 0 Å². The second-order valence-corrected chi connectivity index (χ2v) is 2.93. The van der Waals surface area contributed by atoms with Gasteiger partial charge in [-0.1, -0.05) is 12.1 Å². The van der Waals surface area contributed by atoms with E-state index < -0.39 is 11.7 Å². The molecule has 1 rings (SSSR count). The fraction of sp³-hybridized carbons (Fsp3) is 0.400. The molecule has 0 radical (unpaired) electrons. The summed E-state index contributed by atoms with van der Waals surface area (Å²) in [7, 11) is 0. The minimum atomic E-state index is -4.40. The topological polar surface area (TPSA) is 20.2 Å². The Bertz CT molecular complexity index is 336. The molecule has 0 aliphatic carbocycles. The second kappa shape index (κ2) is 4.46. The van der Waals surface area contributed by atoms with Gasteiger partial charge in [-0.2, -0.15) is 13.2 Å². The molecule has 0 saturated heterocycles. The molecular weight excluding hydrogens is 193 g/mol. The lowest BCUT2D eigenvalue weighted by atomic mass is 10.1. The molecule has 0 saturated carbocycles. The molecule has 0 unspecified atom stereocenters. The Hall–Kier alpha value is -1.03. The van der Waals surface area contributed by atoms with Gasteiger partial charge in [0.05, 0.1) is 6.93 Å². The maximum Gasteiger partial charge on any atom is 0.416 e. The van der Waals surface area contributed by atoms with Crippen molar-refractivity contribution in [2.75, 3.05) is 6.61 Å². The van der Waals surface area contributed by atoms with Crippen molar-refractivity contribution in [3.05, 3.63) is 35.4 Å². The number of benzene rings is 1. The molecule has 14 heavy (non-hydrogen) atoms. The van der Waals surface area contributed by atoms with Crippen LogP contribution in [-0.4, -0.2) is 11.7 Å². The van der Waals surface area contributed by atoms with E-state index in [1.165, 1.54) is 6.07 Å². The SMILES string of the molecule is [2H]c1cc(C(F)(F)F)ccc1CCCO. The summed E-state index contributed by atoms with van der Waals surface area (Å²) < 4.78 is 44.1. The Labute approximate surface area is 81.6 Å². The Morgan fingerprint density at radius 2 is 2.00 bits per heavy atom. The average molecular weight is 205 g/mol. The van der Waals surface area contributed by atoms with Gasteiger partial charge in [-0.15, -0.1) is 0 Å². The third-order valence-electron chi connectivity index (χ3n) is 1.81. The van der Waals surface area contributed by atoms with Gasteiger partial charge in [0.1, 0.15) is 0 Å². The number of hydrogen-bond acceptors (Lipinski definition) is 1. The maximum absolute atomic E-state index is 12.2. The molecule has 0 bridgehead atoms. The van der Waals surface area contributed by atoms with E-state index >= 15 is 0 Å². The number of halogens is 3. The first-order valence-corrected chi connectivity index (χ1v) is 4.22. The number of aryl methyl sites for hydroxylation is 1. The third-order valence-corrected chi connectivity index (χ3v) is 1.81. The lowest BCUT2D eigenvalue weighted by Gasteiger charge is -2.06. The Morgan fingerprint density at radius 3 is 2.50 bits per heavy atom. The van der Waals surface area contributed by atoms with Crippen molar-refractivity contribution in [2.45, 2.75) is 19.0 Å². The first kappa shape index (κ1) is 9.52. The van der Waals surface area contributed by atoms with Crippen LogP contribution in [0.2, 0.25) is 0 Å². The highest BCUT2D eigenvalue weighted by atomic mass is 19.4. The Morgan fingerprint density at radius 1 is 1.29 bits per heavy atom. The first-order valence-electron chi connectivity index (χ1n) is 4.72. The quantitative estimate of drug-likeness (QED) is 0.804. The summed E-state index contributed by atoms with van der Waals surface area (Å²) in [6.07, 6.45) is -3.52. The van der Waals surface area contributed by atoms with Crippen molar-refractivity contribution < 1.29 is 19.6 Å². The highest BCUT2D eigenvalue weighted by molar-refractivity contribution is 5.24. The molecule has 0 heterocycles. The third kappa shape index (κ3) is 3.03. The van der Waals surface area contributed by atoms with Crippen LogP contribution in [0.3, 0.4) is 0 Å². The smallest absolute Gasteiger partial charge is 0.396 e. The summed E-state index contributed by atoms with van der Waals surface area (Å²) in [4.78, 5) is 0. The van der Waals surface area contributed by atoms with Gasteiger partial charge in [-0.3, -0.25) is 0 Å². The lowest BCUT2D eigenvalue weighted by Crippen LogP contribution is -2.04. The van der Waals surface area contributed by atoms with Crippen molar-refractivity contribution >= 4 is 0 Å². The highest BCUT2D eigenvalue weighted by Gasteiger charge is 2.29. The minimum Gasteiger partial charge on any atom is -0.396 e. The standard InChI is InChI=1S/C10H11F3O/c11-10(12,13)9-5-3-8(4-6-9)2-1-7-14/h3-6,14H,1-2,7H2/i3D. The summed E-state index contributed by atoms with van der Waals surface area (Å²) in [6.45, 7) is -0.0273. The van der Waals surface area contributed by atoms with Crippen LogP contribution in [0.25, 0.3) is 0 Å². The maximum atomic E-state index is 12.2. The predicted molar refractivity (Wildman–Crippen MR) is 46.9 cm³/mol. The predicted octanol–water partition coefficient (Wildman–Crippen LogP) is 2.63. The fourth-order valence-corrected chi connectivity index (χ4v) is 1.06. The largest absolute Gasteiger partial charge is 0.416 e. The number of hydrogen-bond donors (Lipinski definition) is 1. The fourth-order valence-electron chi connectivity index (χ4n) is 1.06. The monoisotopic (exact) mass is 205 g/mol. The molecule has 0 atom stereocenters. The van der Waals surface area contributed by atoms with E-state index in [1.807, 2.05) is 0 Å². The Kier molecular flexibility index (Phi) is 3.03. The van der Waals surface area contributed by atoms with Crippen molar-refractivity contribution in [3.8, 4) is 0 Å². The number of alkyl halides is 3. The molecular formula is C10H11F3O. The van der Waals surface area contributed by atoms with Crippen LogP contribution >= 0.6 is 0 Å². The molecule has 0 aliphatic heterocycles. The second-order valence-electron chi connectivity index (χ2n) is 2.93. The molecule has 4 heteroatoms. The molecule has 0 aromatic heterocycles. The van der Waals surface area contributed by atoms with Crippen molar-refractivity contribution in [2.24, 2.45) is 0 Å². The number of rotatable bonds is 3. The molecule has 78 valence electrons. The molecule has 0 fully saturated rings. The van der Waals surface area contributed by atoms with Crippen molar-refractivity contribution in [1.82, 2.24) is 0 Å². The van der Waals surface area contributed by atoms with E-state index in [0.29, 0.717) is 18.4 Å². The zero-order chi connectivity index (χ0) is 11.5. The van der Waals surface area contributed by atoms with Crippen LogP contribution in [-0.2, 0) is 12.6 Å². The van der Waals surface area contributed by atoms with Crippen LogP contribution < -0.4 is 0 Å². The molecule has 0 amide bonds. The van der Waals surface area contributed by atoms with E-state index in [2.05, 4.69) is 0 Å². The van der Waals surface area contributed by atoms with Gasteiger partial charge < -0.3 is 5.11 Å². The molecule has 1 nitrogen and oxygen atoms in total. The summed E-state index contributed by atoms with van der Waals surface area (Å²) in [5.74, 6) is 0. The summed E-state index contributed by atoms with van der Waals surface area (Å²) in [5, 5.41) is 8.56. The molecule has 1 aromatic rings. The molecule has 0 aliphatic rings. The van der Waals surface area contributed by atoms with Gasteiger partial charge >= 0.3 is 6.18 Å². The molecule has 1 N–H and O–H groups in total. The van der Waals surface area contributed by atoms with E-state index in [1.54, 1.807) is 0 Å². The normalized spacial score (nSPS) is 12.7. The van der Waals surface area contributed by atoms with Crippen LogP contribution in [0.5, 0.6) is 0 Å². The van der Waals surface area contributed by atoms with E-state index in [4.69, 9.17) is 6.48 Å². The highest BCUT2D eigenvalue weighted by Crippen LogP contribution is 2.29. The van der Waals surface area contributed by atoms with Crippen molar-refractivity contribution in [3.63, 3.8) is 0 Å². The number of aliphatic hydroxyl groups is 1. The van der Waals surface area contributed by atoms with Crippen LogP contribution in [0.1, 0.15) is 18.9 Å². The van der Waals surface area contributed by atoms with Gasteiger partial charge in [0.25, 0.3) is 0 Å². The molecule has 0 spiro atoms. The van der Waals surface area contributed by atoms with E-state index in [9.17, 15) is 13.2 Å².